The van der Waals surface area contributed by atoms with E-state index < -0.39 is 0 Å². The van der Waals surface area contributed by atoms with Crippen molar-refractivity contribution in [3.63, 3.8) is 0 Å². The van der Waals surface area contributed by atoms with Crippen LogP contribution >= 0.6 is 11.6 Å². The van der Waals surface area contributed by atoms with Crippen LogP contribution in [0, 0.1) is 27.7 Å². The van der Waals surface area contributed by atoms with Crippen LogP contribution < -0.4 is 10.1 Å². The summed E-state index contributed by atoms with van der Waals surface area (Å²) in [5, 5.41) is 16.7. The monoisotopic (exact) mass is 467 g/mol. The van der Waals surface area contributed by atoms with Gasteiger partial charge in [-0.1, -0.05) is 17.7 Å². The average molecular weight is 468 g/mol. The van der Waals surface area contributed by atoms with E-state index in [-0.39, 0.29) is 12.6 Å². The molecule has 0 spiro atoms. The summed E-state index contributed by atoms with van der Waals surface area (Å²) in [5.74, 6) is 0.322. The smallest absolute Gasteiger partial charge is 0.255 e. The van der Waals surface area contributed by atoms with Crippen LogP contribution in [0.5, 0.6) is 5.75 Å². The first-order valence-corrected chi connectivity index (χ1v) is 10.9. The summed E-state index contributed by atoms with van der Waals surface area (Å²) in [7, 11) is 1.93. The topological polar surface area (TPSA) is 91.8 Å². The number of ether oxygens (including phenoxy) is 1. The molecule has 3 heterocycles. The highest BCUT2D eigenvalue weighted by Gasteiger charge is 2.18. The predicted molar refractivity (Wildman–Crippen MR) is 126 cm³/mol. The van der Waals surface area contributed by atoms with E-state index in [1.807, 2.05) is 44.1 Å². The second-order valence-electron chi connectivity index (χ2n) is 7.93. The number of carbonyl (C=O) groups excluding carboxylic acids is 1. The van der Waals surface area contributed by atoms with E-state index in [2.05, 4.69) is 20.6 Å². The Morgan fingerprint density at radius 1 is 1.12 bits per heavy atom. The number of halogens is 1. The molecule has 0 bridgehead atoms. The third kappa shape index (κ3) is 4.78. The molecule has 0 fully saturated rings. The van der Waals surface area contributed by atoms with E-state index in [0.29, 0.717) is 28.6 Å². The summed E-state index contributed by atoms with van der Waals surface area (Å²) < 4.78 is 11.1. The van der Waals surface area contributed by atoms with E-state index in [1.165, 1.54) is 6.20 Å². The Balaban J connectivity index is 1.48. The summed E-state index contributed by atoms with van der Waals surface area (Å²) in [6.07, 6.45) is 3.20. The van der Waals surface area contributed by atoms with Crippen LogP contribution in [0.4, 0.5) is 5.69 Å². The third-order valence-corrected chi connectivity index (χ3v) is 5.84. The fourth-order valence-corrected chi connectivity index (χ4v) is 3.85. The summed E-state index contributed by atoms with van der Waals surface area (Å²) in [6, 6.07) is 6.99. The molecule has 0 aliphatic carbocycles. The lowest BCUT2D eigenvalue weighted by Crippen LogP contribution is -2.14. The molecule has 0 aliphatic heterocycles. The van der Waals surface area contributed by atoms with Gasteiger partial charge in [-0.25, -0.2) is 4.68 Å². The Bertz CT molecular complexity index is 1320. The predicted octanol–water partition coefficient (Wildman–Crippen LogP) is 4.04. The fourth-order valence-electron chi connectivity index (χ4n) is 3.69. The minimum absolute atomic E-state index is 0.190. The SMILES string of the molecule is Cc1nn(C)c(C)c1Cn1nc(C)c(NC(=O)c2cccc(OCn3cc(Cl)cn3)c2)c1C. The fraction of sp³-hybridized carbons (Fsp3) is 0.304. The van der Waals surface area contributed by atoms with Gasteiger partial charge in [0.15, 0.2) is 6.73 Å². The van der Waals surface area contributed by atoms with Crippen LogP contribution in [-0.4, -0.2) is 35.2 Å². The van der Waals surface area contributed by atoms with Crippen molar-refractivity contribution in [2.45, 2.75) is 41.0 Å². The number of carbonyl (C=O) groups is 1. The molecule has 0 radical (unpaired) electrons. The van der Waals surface area contributed by atoms with Crippen molar-refractivity contribution >= 4 is 23.2 Å². The molecule has 10 heteroatoms. The number of benzene rings is 1. The molecule has 0 aliphatic rings. The lowest BCUT2D eigenvalue weighted by molar-refractivity contribution is 0.102. The lowest BCUT2D eigenvalue weighted by atomic mass is 10.2. The minimum atomic E-state index is -0.234. The molecule has 0 saturated heterocycles. The van der Waals surface area contributed by atoms with Crippen molar-refractivity contribution < 1.29 is 9.53 Å². The molecule has 1 aromatic carbocycles. The van der Waals surface area contributed by atoms with Gasteiger partial charge in [0.1, 0.15) is 5.75 Å². The highest BCUT2D eigenvalue weighted by atomic mass is 35.5. The van der Waals surface area contributed by atoms with Crippen LogP contribution in [0.25, 0.3) is 0 Å². The van der Waals surface area contributed by atoms with E-state index >= 15 is 0 Å². The van der Waals surface area contributed by atoms with Crippen molar-refractivity contribution in [2.24, 2.45) is 7.05 Å². The second kappa shape index (κ2) is 9.11. The standard InChI is InChI=1S/C23H26ClN7O2/c1-14-21(16(3)29(5)27-14)12-31-17(4)22(15(2)28-31)26-23(32)18-7-6-8-20(9-18)33-13-30-11-19(24)10-25-30/h6-11H,12-13H2,1-5H3,(H,26,32). The molecule has 4 rings (SSSR count). The van der Waals surface area contributed by atoms with Crippen molar-refractivity contribution in [2.75, 3.05) is 5.32 Å². The lowest BCUT2D eigenvalue weighted by Gasteiger charge is -2.10. The van der Waals surface area contributed by atoms with Crippen LogP contribution in [-0.2, 0) is 20.3 Å². The molecule has 1 amide bonds. The van der Waals surface area contributed by atoms with Crippen molar-refractivity contribution in [1.82, 2.24) is 29.3 Å². The maximum Gasteiger partial charge on any atom is 0.255 e. The van der Waals surface area contributed by atoms with Crippen molar-refractivity contribution in [3.8, 4) is 5.75 Å². The molecule has 1 N–H and O–H groups in total. The van der Waals surface area contributed by atoms with Crippen LogP contribution in [0.3, 0.4) is 0 Å². The molecule has 0 unspecified atom stereocenters. The Hall–Kier alpha value is -3.59. The zero-order chi connectivity index (χ0) is 23.7. The number of nitrogens with zero attached hydrogens (tertiary/aromatic N) is 6. The van der Waals surface area contributed by atoms with E-state index in [9.17, 15) is 4.79 Å². The zero-order valence-corrected chi connectivity index (χ0v) is 20.0. The number of anilines is 1. The van der Waals surface area contributed by atoms with Gasteiger partial charge in [0.25, 0.3) is 5.91 Å². The third-order valence-electron chi connectivity index (χ3n) is 5.65. The molecular formula is C23H26ClN7O2. The number of hydrogen-bond donors (Lipinski definition) is 1. The van der Waals surface area contributed by atoms with Crippen LogP contribution in [0.1, 0.15) is 38.7 Å². The van der Waals surface area contributed by atoms with E-state index in [0.717, 1.165) is 28.3 Å². The molecule has 0 saturated carbocycles. The summed E-state index contributed by atoms with van der Waals surface area (Å²) in [5.41, 5.74) is 6.02. The molecule has 3 aromatic heterocycles. The van der Waals surface area contributed by atoms with Crippen LogP contribution in [0.15, 0.2) is 36.7 Å². The van der Waals surface area contributed by atoms with Gasteiger partial charge in [0.2, 0.25) is 0 Å². The number of hydrogen-bond acceptors (Lipinski definition) is 5. The highest BCUT2D eigenvalue weighted by molar-refractivity contribution is 6.30. The maximum atomic E-state index is 13.0. The first-order valence-electron chi connectivity index (χ1n) is 10.5. The Labute approximate surface area is 196 Å². The average Bonchev–Trinajstić information content (AvgIpc) is 3.40. The van der Waals surface area contributed by atoms with Gasteiger partial charge in [0, 0.05) is 30.1 Å². The quantitative estimate of drug-likeness (QED) is 0.443. The normalized spacial score (nSPS) is 11.1. The van der Waals surface area contributed by atoms with Gasteiger partial charge in [0.05, 0.1) is 40.5 Å². The number of rotatable bonds is 7. The first-order chi connectivity index (χ1) is 15.7. The summed E-state index contributed by atoms with van der Waals surface area (Å²) >= 11 is 5.87. The van der Waals surface area contributed by atoms with Crippen LogP contribution in [0.2, 0.25) is 5.02 Å². The molecule has 4 aromatic rings. The van der Waals surface area contributed by atoms with Gasteiger partial charge >= 0.3 is 0 Å². The molecular weight excluding hydrogens is 442 g/mol. The second-order valence-corrected chi connectivity index (χ2v) is 8.37. The van der Waals surface area contributed by atoms with Crippen molar-refractivity contribution in [1.29, 1.82) is 0 Å². The van der Waals surface area contributed by atoms with Crippen molar-refractivity contribution in [3.05, 3.63) is 75.6 Å². The zero-order valence-electron chi connectivity index (χ0n) is 19.3. The van der Waals surface area contributed by atoms with Gasteiger partial charge in [-0.2, -0.15) is 15.3 Å². The van der Waals surface area contributed by atoms with Gasteiger partial charge in [-0.05, 0) is 45.9 Å². The first kappa shape index (κ1) is 22.6. The Kier molecular flexibility index (Phi) is 6.24. The molecule has 33 heavy (non-hydrogen) atoms. The summed E-state index contributed by atoms with van der Waals surface area (Å²) in [6.45, 7) is 8.65. The number of aryl methyl sites for hydroxylation is 3. The van der Waals surface area contributed by atoms with Gasteiger partial charge in [-0.15, -0.1) is 0 Å². The molecule has 0 atom stereocenters. The number of amides is 1. The Morgan fingerprint density at radius 3 is 2.58 bits per heavy atom. The molecule has 9 nitrogen and oxygen atoms in total. The molecule has 172 valence electrons. The highest BCUT2D eigenvalue weighted by Crippen LogP contribution is 2.24. The van der Waals surface area contributed by atoms with E-state index in [1.54, 1.807) is 35.1 Å². The van der Waals surface area contributed by atoms with E-state index in [4.69, 9.17) is 16.3 Å². The number of nitrogens with one attached hydrogen (secondary N) is 1. The number of aromatic nitrogens is 6. The minimum Gasteiger partial charge on any atom is -0.471 e. The van der Waals surface area contributed by atoms with Gasteiger partial charge in [-0.3, -0.25) is 14.2 Å². The Morgan fingerprint density at radius 2 is 1.91 bits per heavy atom. The van der Waals surface area contributed by atoms with Gasteiger partial charge < -0.3 is 10.1 Å². The summed E-state index contributed by atoms with van der Waals surface area (Å²) in [4.78, 5) is 13.0. The largest absolute Gasteiger partial charge is 0.471 e. The maximum absolute atomic E-state index is 13.0.